The van der Waals surface area contributed by atoms with Gasteiger partial charge >= 0.3 is 0 Å². The van der Waals surface area contributed by atoms with Crippen molar-refractivity contribution in [1.82, 2.24) is 13.7 Å². The van der Waals surface area contributed by atoms with E-state index in [1.165, 1.54) is 77.3 Å². The molecule has 0 amide bonds. The van der Waals surface area contributed by atoms with Crippen molar-refractivity contribution in [3.63, 3.8) is 0 Å². The summed E-state index contributed by atoms with van der Waals surface area (Å²) in [5, 5.41) is 5.07. The Kier molecular flexibility index (Phi) is 5.29. The van der Waals surface area contributed by atoms with Gasteiger partial charge in [-0.25, -0.2) is 0 Å². The van der Waals surface area contributed by atoms with Crippen LogP contribution >= 0.6 is 0 Å². The molecule has 0 saturated carbocycles. The second-order valence-corrected chi connectivity index (χ2v) is 13.7. The van der Waals surface area contributed by atoms with Crippen LogP contribution in [0.5, 0.6) is 0 Å². The normalized spacial score (nSPS) is 13.0. The van der Waals surface area contributed by atoms with Crippen molar-refractivity contribution in [2.75, 3.05) is 4.90 Å². The molecule has 51 heavy (non-hydrogen) atoms. The van der Waals surface area contributed by atoms with Crippen molar-refractivity contribution < 1.29 is 0 Å². The van der Waals surface area contributed by atoms with Crippen molar-refractivity contribution in [3.8, 4) is 17.2 Å². The summed E-state index contributed by atoms with van der Waals surface area (Å²) in [6, 6.07) is 64.4. The molecule has 2 aliphatic heterocycles. The quantitative estimate of drug-likeness (QED) is 0.175. The van der Waals surface area contributed by atoms with E-state index in [2.05, 4.69) is 195 Å². The van der Waals surface area contributed by atoms with Crippen LogP contribution in [-0.4, -0.2) is 20.4 Å². The van der Waals surface area contributed by atoms with Crippen LogP contribution < -0.4 is 21.4 Å². The maximum absolute atomic E-state index is 2.58. The predicted molar refractivity (Wildman–Crippen MR) is 214 cm³/mol. The second-order valence-electron chi connectivity index (χ2n) is 13.7. The molecule has 4 nitrogen and oxygen atoms in total. The van der Waals surface area contributed by atoms with Crippen LogP contribution in [0, 0.1) is 0 Å². The first-order chi connectivity index (χ1) is 25.4. The smallest absolute Gasteiger partial charge is 0.276 e. The largest absolute Gasteiger partial charge is 0.319 e. The highest BCUT2D eigenvalue weighted by atomic mass is 15.2. The zero-order valence-corrected chi connectivity index (χ0v) is 27.6. The van der Waals surface area contributed by atoms with Gasteiger partial charge in [-0.3, -0.25) is 9.13 Å². The lowest BCUT2D eigenvalue weighted by atomic mass is 9.35. The fourth-order valence-electron chi connectivity index (χ4n) is 9.35. The molecule has 236 valence electrons. The molecular weight excluding hydrogens is 619 g/mol. The van der Waals surface area contributed by atoms with Gasteiger partial charge in [-0.15, -0.1) is 0 Å². The van der Waals surface area contributed by atoms with Gasteiger partial charge in [0, 0.05) is 44.5 Å². The molecular formula is C46H29BN4. The third kappa shape index (κ3) is 3.40. The van der Waals surface area contributed by atoms with Crippen LogP contribution in [0.15, 0.2) is 176 Å². The summed E-state index contributed by atoms with van der Waals surface area (Å²) >= 11 is 0. The van der Waals surface area contributed by atoms with E-state index in [-0.39, 0.29) is 6.71 Å². The summed E-state index contributed by atoms with van der Waals surface area (Å²) in [4.78, 5) is 2.53. The minimum atomic E-state index is -0.0482. The van der Waals surface area contributed by atoms with Crippen molar-refractivity contribution in [2.24, 2.45) is 0 Å². The lowest BCUT2D eigenvalue weighted by molar-refractivity contribution is 1.01. The zero-order chi connectivity index (χ0) is 33.2. The lowest BCUT2D eigenvalue weighted by Gasteiger charge is -2.39. The van der Waals surface area contributed by atoms with Crippen molar-refractivity contribution in [2.45, 2.75) is 0 Å². The average Bonchev–Trinajstić information content (AvgIpc) is 3.85. The molecule has 0 unspecified atom stereocenters. The number of rotatable bonds is 3. The number of hydrogen-bond acceptors (Lipinski definition) is 1. The van der Waals surface area contributed by atoms with Crippen LogP contribution in [0.1, 0.15) is 0 Å². The van der Waals surface area contributed by atoms with Gasteiger partial charge in [0.25, 0.3) is 6.71 Å². The first-order valence-electron chi connectivity index (χ1n) is 17.7. The van der Waals surface area contributed by atoms with Crippen molar-refractivity contribution in [3.05, 3.63) is 176 Å². The molecule has 0 fully saturated rings. The third-order valence-electron chi connectivity index (χ3n) is 11.2. The van der Waals surface area contributed by atoms with E-state index >= 15 is 0 Å². The van der Waals surface area contributed by atoms with Crippen LogP contribution in [0.3, 0.4) is 0 Å². The van der Waals surface area contributed by atoms with E-state index in [1.54, 1.807) is 0 Å². The van der Waals surface area contributed by atoms with E-state index in [0.717, 1.165) is 17.1 Å². The Morgan fingerprint density at radius 3 is 1.53 bits per heavy atom. The first kappa shape index (κ1) is 27.1. The van der Waals surface area contributed by atoms with Crippen molar-refractivity contribution >= 4 is 83.9 Å². The van der Waals surface area contributed by atoms with Crippen LogP contribution in [0.2, 0.25) is 0 Å². The maximum atomic E-state index is 2.58. The topological polar surface area (TPSA) is 18.0 Å². The van der Waals surface area contributed by atoms with E-state index in [1.807, 2.05) is 0 Å². The Hall–Kier alpha value is -6.72. The summed E-state index contributed by atoms with van der Waals surface area (Å²) in [7, 11) is 0. The Morgan fingerprint density at radius 2 is 0.863 bits per heavy atom. The summed E-state index contributed by atoms with van der Waals surface area (Å²) in [6.45, 7) is -0.0482. The van der Waals surface area contributed by atoms with E-state index in [4.69, 9.17) is 0 Å². The molecule has 0 bridgehead atoms. The van der Waals surface area contributed by atoms with Gasteiger partial charge in [-0.1, -0.05) is 115 Å². The molecule has 0 radical (unpaired) electrons. The zero-order valence-electron chi connectivity index (χ0n) is 27.6. The fourth-order valence-corrected chi connectivity index (χ4v) is 9.35. The minimum absolute atomic E-state index is 0.0482. The molecule has 0 aliphatic carbocycles. The maximum Gasteiger partial charge on any atom is 0.276 e. The number of hydrogen-bond donors (Lipinski definition) is 0. The van der Waals surface area contributed by atoms with Crippen LogP contribution in [-0.2, 0) is 0 Å². The minimum Gasteiger partial charge on any atom is -0.319 e. The average molecular weight is 649 g/mol. The Bertz CT molecular complexity index is 3030. The highest BCUT2D eigenvalue weighted by Crippen LogP contribution is 2.47. The number of benzene rings is 7. The highest BCUT2D eigenvalue weighted by molar-refractivity contribution is 7.01. The molecule has 10 aromatic rings. The fraction of sp³-hybridized carbons (Fsp3) is 0. The molecule has 0 saturated heterocycles. The molecule has 12 rings (SSSR count). The molecule has 0 spiro atoms. The third-order valence-corrected chi connectivity index (χ3v) is 11.2. The van der Waals surface area contributed by atoms with Gasteiger partial charge in [0.1, 0.15) is 5.82 Å². The Balaban J connectivity index is 1.37. The predicted octanol–water partition coefficient (Wildman–Crippen LogP) is 9.28. The van der Waals surface area contributed by atoms with E-state index < -0.39 is 0 Å². The molecule has 3 aromatic heterocycles. The van der Waals surface area contributed by atoms with Gasteiger partial charge in [0.2, 0.25) is 0 Å². The summed E-state index contributed by atoms with van der Waals surface area (Å²) in [6.07, 6.45) is 0. The molecule has 5 heteroatoms. The summed E-state index contributed by atoms with van der Waals surface area (Å²) < 4.78 is 7.63. The number of para-hydroxylation sites is 6. The van der Waals surface area contributed by atoms with E-state index in [9.17, 15) is 0 Å². The first-order valence-corrected chi connectivity index (χ1v) is 17.7. The van der Waals surface area contributed by atoms with Gasteiger partial charge < -0.3 is 9.47 Å². The number of nitrogens with zero attached hydrogens (tertiary/aromatic N) is 4. The van der Waals surface area contributed by atoms with Gasteiger partial charge in [0.05, 0.1) is 27.8 Å². The number of anilines is 3. The molecule has 5 heterocycles. The highest BCUT2D eigenvalue weighted by Gasteiger charge is 2.47. The van der Waals surface area contributed by atoms with Gasteiger partial charge in [-0.2, -0.15) is 0 Å². The van der Waals surface area contributed by atoms with Crippen LogP contribution in [0.25, 0.3) is 60.8 Å². The molecule has 7 aromatic carbocycles. The summed E-state index contributed by atoms with van der Waals surface area (Å²) in [5.41, 5.74) is 14.9. The lowest BCUT2D eigenvalue weighted by Crippen LogP contribution is -2.62. The van der Waals surface area contributed by atoms with Gasteiger partial charge in [-0.05, 0) is 77.0 Å². The summed E-state index contributed by atoms with van der Waals surface area (Å²) in [5.74, 6) is 1.22. The molecule has 0 N–H and O–H groups in total. The number of fused-ring (bicyclic) bond motifs is 12. The van der Waals surface area contributed by atoms with E-state index in [0.29, 0.717) is 0 Å². The Labute approximate surface area is 294 Å². The SMILES string of the molecule is c1ccc(N2c3ccc4c5ccccc5n5c4c3B(c3c-5n(-c4ccccc4)c4ccccc34)c3c2c2ccccc2n3-c2ccccc2)cc1. The van der Waals surface area contributed by atoms with Crippen LogP contribution in [0.4, 0.5) is 17.1 Å². The second kappa shape index (κ2) is 9.93. The molecule has 0 atom stereocenters. The van der Waals surface area contributed by atoms with Crippen molar-refractivity contribution in [1.29, 1.82) is 0 Å². The standard InChI is InChI=1S/C46H29BN4/c1-4-16-30(17-5-1)48-40-29-28-34-33-22-10-13-25-37(33)51-43(34)42(40)47(41-35-23-11-14-26-38(35)50(46(41)51)32-20-8-3-9-21-32)45-44(48)36-24-12-15-27-39(36)49(45)31-18-6-2-7-19-31/h1-29H. The monoisotopic (exact) mass is 648 g/mol. The number of aromatic nitrogens is 3. The Morgan fingerprint density at radius 1 is 0.353 bits per heavy atom. The molecule has 2 aliphatic rings. The van der Waals surface area contributed by atoms with Gasteiger partial charge in [0.15, 0.2) is 0 Å².